The Morgan fingerprint density at radius 1 is 1.53 bits per heavy atom. The molecule has 0 radical (unpaired) electrons. The lowest BCUT2D eigenvalue weighted by molar-refractivity contribution is 0.0787. The van der Waals surface area contributed by atoms with Gasteiger partial charge in [0.15, 0.2) is 0 Å². The molecule has 1 amide bonds. The molecule has 2 heterocycles. The number of hydrogen-bond donors (Lipinski definition) is 1. The minimum absolute atomic E-state index is 0.0849. The SMILES string of the molecule is CN(Cc1cccs1)C(=O)c1ccncc1N. The van der Waals surface area contributed by atoms with E-state index in [1.165, 1.54) is 6.20 Å². The first kappa shape index (κ1) is 11.6. The van der Waals surface area contributed by atoms with E-state index in [1.807, 2.05) is 17.5 Å². The van der Waals surface area contributed by atoms with Crippen molar-refractivity contribution in [3.63, 3.8) is 0 Å². The van der Waals surface area contributed by atoms with Gasteiger partial charge in [-0.2, -0.15) is 0 Å². The Morgan fingerprint density at radius 2 is 2.35 bits per heavy atom. The minimum Gasteiger partial charge on any atom is -0.397 e. The highest BCUT2D eigenvalue weighted by Crippen LogP contribution is 2.15. The summed E-state index contributed by atoms with van der Waals surface area (Å²) >= 11 is 1.63. The molecule has 0 saturated carbocycles. The van der Waals surface area contributed by atoms with Gasteiger partial charge in [0.1, 0.15) is 0 Å². The van der Waals surface area contributed by atoms with Gasteiger partial charge in [-0.1, -0.05) is 6.07 Å². The van der Waals surface area contributed by atoms with Gasteiger partial charge in [-0.05, 0) is 17.5 Å². The summed E-state index contributed by atoms with van der Waals surface area (Å²) in [4.78, 5) is 18.8. The molecule has 17 heavy (non-hydrogen) atoms. The normalized spacial score (nSPS) is 10.2. The molecule has 2 N–H and O–H groups in total. The maximum absolute atomic E-state index is 12.1. The lowest BCUT2D eigenvalue weighted by atomic mass is 10.2. The van der Waals surface area contributed by atoms with Gasteiger partial charge in [-0.25, -0.2) is 0 Å². The van der Waals surface area contributed by atoms with Crippen molar-refractivity contribution in [1.29, 1.82) is 0 Å². The van der Waals surface area contributed by atoms with Crippen LogP contribution in [0, 0.1) is 0 Å². The fourth-order valence-electron chi connectivity index (χ4n) is 1.52. The number of nitrogen functional groups attached to an aromatic ring is 1. The highest BCUT2D eigenvalue weighted by molar-refractivity contribution is 7.09. The van der Waals surface area contributed by atoms with Crippen molar-refractivity contribution >= 4 is 22.9 Å². The van der Waals surface area contributed by atoms with Gasteiger partial charge in [0, 0.05) is 18.1 Å². The number of pyridine rings is 1. The summed E-state index contributed by atoms with van der Waals surface area (Å²) in [5.41, 5.74) is 6.64. The second kappa shape index (κ2) is 4.97. The maximum Gasteiger partial charge on any atom is 0.256 e. The Bertz CT molecular complexity index is 510. The molecule has 0 bridgehead atoms. The quantitative estimate of drug-likeness (QED) is 0.902. The van der Waals surface area contributed by atoms with Crippen LogP contribution >= 0.6 is 11.3 Å². The molecule has 0 aliphatic rings. The first-order chi connectivity index (χ1) is 8.18. The number of rotatable bonds is 3. The van der Waals surface area contributed by atoms with Gasteiger partial charge in [-0.15, -0.1) is 11.3 Å². The number of nitrogens with two attached hydrogens (primary N) is 1. The van der Waals surface area contributed by atoms with Crippen molar-refractivity contribution in [3.05, 3.63) is 46.4 Å². The van der Waals surface area contributed by atoms with Crippen LogP contribution in [0.2, 0.25) is 0 Å². The first-order valence-electron chi connectivity index (χ1n) is 5.16. The lowest BCUT2D eigenvalue weighted by Gasteiger charge is -2.17. The summed E-state index contributed by atoms with van der Waals surface area (Å²) in [5, 5.41) is 1.99. The van der Waals surface area contributed by atoms with Crippen molar-refractivity contribution in [2.24, 2.45) is 0 Å². The number of aromatic nitrogens is 1. The molecule has 0 aliphatic heterocycles. The average Bonchev–Trinajstić information content (AvgIpc) is 2.81. The molecule has 2 rings (SSSR count). The molecule has 4 nitrogen and oxygen atoms in total. The fourth-order valence-corrected chi connectivity index (χ4v) is 2.27. The van der Waals surface area contributed by atoms with Crippen LogP contribution in [0.25, 0.3) is 0 Å². The van der Waals surface area contributed by atoms with Crippen LogP contribution in [0.15, 0.2) is 36.0 Å². The Balaban J connectivity index is 2.13. The second-order valence-corrected chi connectivity index (χ2v) is 4.74. The lowest BCUT2D eigenvalue weighted by Crippen LogP contribution is -2.26. The van der Waals surface area contributed by atoms with E-state index in [1.54, 1.807) is 35.5 Å². The molecule has 0 aliphatic carbocycles. The van der Waals surface area contributed by atoms with Crippen LogP contribution in [0.5, 0.6) is 0 Å². The van der Waals surface area contributed by atoms with Gasteiger partial charge in [0.2, 0.25) is 0 Å². The second-order valence-electron chi connectivity index (χ2n) is 3.70. The minimum atomic E-state index is -0.0849. The predicted molar refractivity (Wildman–Crippen MR) is 68.8 cm³/mol. The zero-order chi connectivity index (χ0) is 12.3. The molecule has 0 aromatic carbocycles. The molecule has 0 atom stereocenters. The van der Waals surface area contributed by atoms with E-state index in [9.17, 15) is 4.79 Å². The van der Waals surface area contributed by atoms with E-state index in [2.05, 4.69) is 4.98 Å². The summed E-state index contributed by atoms with van der Waals surface area (Å²) < 4.78 is 0. The summed E-state index contributed by atoms with van der Waals surface area (Å²) in [6, 6.07) is 5.62. The van der Waals surface area contributed by atoms with E-state index >= 15 is 0 Å². The van der Waals surface area contributed by atoms with Gasteiger partial charge < -0.3 is 10.6 Å². The third-order valence-corrected chi connectivity index (χ3v) is 3.26. The molecule has 0 spiro atoms. The molecular weight excluding hydrogens is 234 g/mol. The van der Waals surface area contributed by atoms with E-state index in [-0.39, 0.29) is 5.91 Å². The van der Waals surface area contributed by atoms with Gasteiger partial charge in [-0.3, -0.25) is 9.78 Å². The topological polar surface area (TPSA) is 59.2 Å². The van der Waals surface area contributed by atoms with E-state index in [0.717, 1.165) is 4.88 Å². The van der Waals surface area contributed by atoms with Gasteiger partial charge in [0.25, 0.3) is 5.91 Å². The van der Waals surface area contributed by atoms with Crippen LogP contribution in [-0.2, 0) is 6.54 Å². The predicted octanol–water partition coefficient (Wildman–Crippen LogP) is 2.00. The van der Waals surface area contributed by atoms with Crippen molar-refractivity contribution < 1.29 is 4.79 Å². The largest absolute Gasteiger partial charge is 0.397 e. The van der Waals surface area contributed by atoms with Crippen molar-refractivity contribution in [2.45, 2.75) is 6.54 Å². The van der Waals surface area contributed by atoms with Crippen molar-refractivity contribution in [1.82, 2.24) is 9.88 Å². The zero-order valence-electron chi connectivity index (χ0n) is 9.46. The number of hydrogen-bond acceptors (Lipinski definition) is 4. The highest BCUT2D eigenvalue weighted by atomic mass is 32.1. The molecule has 0 saturated heterocycles. The monoisotopic (exact) mass is 247 g/mol. The van der Waals surface area contributed by atoms with E-state index < -0.39 is 0 Å². The zero-order valence-corrected chi connectivity index (χ0v) is 10.3. The van der Waals surface area contributed by atoms with Crippen molar-refractivity contribution in [2.75, 3.05) is 12.8 Å². The summed E-state index contributed by atoms with van der Waals surface area (Å²) in [7, 11) is 1.77. The summed E-state index contributed by atoms with van der Waals surface area (Å²) in [5.74, 6) is -0.0849. The van der Waals surface area contributed by atoms with Crippen LogP contribution in [0.1, 0.15) is 15.2 Å². The number of carbonyl (C=O) groups is 1. The molecule has 2 aromatic heterocycles. The third kappa shape index (κ3) is 2.62. The smallest absolute Gasteiger partial charge is 0.256 e. The average molecular weight is 247 g/mol. The van der Waals surface area contributed by atoms with Crippen LogP contribution in [0.3, 0.4) is 0 Å². The molecule has 2 aromatic rings. The van der Waals surface area contributed by atoms with E-state index in [4.69, 9.17) is 5.73 Å². The number of thiophene rings is 1. The Labute approximate surface area is 104 Å². The molecule has 88 valence electrons. The Morgan fingerprint density at radius 3 is 3.00 bits per heavy atom. The fraction of sp³-hybridized carbons (Fsp3) is 0.167. The van der Waals surface area contributed by atoms with Crippen LogP contribution in [0.4, 0.5) is 5.69 Å². The van der Waals surface area contributed by atoms with Crippen molar-refractivity contribution in [3.8, 4) is 0 Å². The molecule has 0 unspecified atom stereocenters. The first-order valence-corrected chi connectivity index (χ1v) is 6.04. The van der Waals surface area contributed by atoms with Crippen LogP contribution < -0.4 is 5.73 Å². The number of anilines is 1. The standard InChI is InChI=1S/C12H13N3OS/c1-15(8-9-3-2-6-17-9)12(16)10-4-5-14-7-11(10)13/h2-7H,8,13H2,1H3. The number of amides is 1. The van der Waals surface area contributed by atoms with Gasteiger partial charge >= 0.3 is 0 Å². The Kier molecular flexibility index (Phi) is 3.39. The third-order valence-electron chi connectivity index (χ3n) is 2.40. The van der Waals surface area contributed by atoms with E-state index in [0.29, 0.717) is 17.8 Å². The molecule has 0 fully saturated rings. The number of nitrogens with zero attached hydrogens (tertiary/aromatic N) is 2. The summed E-state index contributed by atoms with van der Waals surface area (Å²) in [6.07, 6.45) is 3.06. The molecule has 5 heteroatoms. The summed E-state index contributed by atoms with van der Waals surface area (Å²) in [6.45, 7) is 0.595. The highest BCUT2D eigenvalue weighted by Gasteiger charge is 2.14. The maximum atomic E-state index is 12.1. The molecular formula is C12H13N3OS. The Hall–Kier alpha value is -1.88. The van der Waals surface area contributed by atoms with Crippen LogP contribution in [-0.4, -0.2) is 22.8 Å². The number of carbonyl (C=O) groups excluding carboxylic acids is 1. The van der Waals surface area contributed by atoms with Gasteiger partial charge in [0.05, 0.1) is 24.0 Å².